The van der Waals surface area contributed by atoms with Gasteiger partial charge in [-0.25, -0.2) is 20.0 Å². The van der Waals surface area contributed by atoms with Crippen LogP contribution in [-0.4, -0.2) is 56.1 Å². The van der Waals surface area contributed by atoms with Crippen LogP contribution in [0.5, 0.6) is 0 Å². The zero-order valence-corrected chi connectivity index (χ0v) is 11.0. The van der Waals surface area contributed by atoms with E-state index in [0.29, 0.717) is 30.1 Å². The molecule has 0 saturated carbocycles. The number of aliphatic hydroxyl groups excluding tert-OH is 1. The van der Waals surface area contributed by atoms with Crippen molar-refractivity contribution in [3.63, 3.8) is 0 Å². The monoisotopic (exact) mass is 266 g/mol. The summed E-state index contributed by atoms with van der Waals surface area (Å²) >= 11 is 0. The molecule has 8 heteroatoms. The van der Waals surface area contributed by atoms with Gasteiger partial charge < -0.3 is 15.0 Å². The zero-order valence-electron chi connectivity index (χ0n) is 11.0. The molecule has 0 fully saturated rings. The van der Waals surface area contributed by atoms with Crippen molar-refractivity contribution in [3.05, 3.63) is 12.7 Å². The first-order valence-electron chi connectivity index (χ1n) is 6.10. The molecule has 2 rings (SSSR count). The zero-order chi connectivity index (χ0) is 13.8. The largest absolute Gasteiger partial charge is 0.390 e. The van der Waals surface area contributed by atoms with Gasteiger partial charge in [0.25, 0.3) is 0 Å². The van der Waals surface area contributed by atoms with Crippen LogP contribution in [0.1, 0.15) is 6.92 Å². The highest BCUT2D eigenvalue weighted by Gasteiger charge is 2.15. The van der Waals surface area contributed by atoms with Crippen LogP contribution in [0.25, 0.3) is 11.2 Å². The van der Waals surface area contributed by atoms with E-state index in [4.69, 9.17) is 0 Å². The first-order valence-corrected chi connectivity index (χ1v) is 6.10. The van der Waals surface area contributed by atoms with Gasteiger partial charge in [0.1, 0.15) is 11.8 Å². The molecule has 19 heavy (non-hydrogen) atoms. The number of nitrogens with zero attached hydrogens (tertiary/aromatic N) is 5. The van der Waals surface area contributed by atoms with Gasteiger partial charge in [-0.05, 0) is 6.54 Å². The Morgan fingerprint density at radius 2 is 2.21 bits per heavy atom. The van der Waals surface area contributed by atoms with E-state index in [1.807, 2.05) is 6.92 Å². The van der Waals surface area contributed by atoms with Gasteiger partial charge in [0, 0.05) is 13.6 Å². The van der Waals surface area contributed by atoms with Crippen LogP contribution in [0, 0.1) is 0 Å². The highest BCUT2D eigenvalue weighted by Crippen LogP contribution is 2.20. The number of nitrogens with one attached hydrogen (secondary N) is 1. The van der Waals surface area contributed by atoms with E-state index < -0.39 is 6.10 Å². The molecule has 0 spiro atoms. The van der Waals surface area contributed by atoms with Crippen molar-refractivity contribution in [3.8, 4) is 0 Å². The van der Waals surface area contributed by atoms with E-state index in [9.17, 15) is 10.3 Å². The Morgan fingerprint density at radius 1 is 1.42 bits per heavy atom. The fourth-order valence-electron chi connectivity index (χ4n) is 1.87. The first-order chi connectivity index (χ1) is 9.13. The second-order valence-corrected chi connectivity index (χ2v) is 4.25. The average Bonchev–Trinajstić information content (AvgIpc) is 2.79. The summed E-state index contributed by atoms with van der Waals surface area (Å²) in [5, 5.41) is 23.5. The normalized spacial score (nSPS) is 12.8. The molecule has 1 atom stereocenters. The number of aromatic nitrogens is 4. The molecule has 0 amide bonds. The average molecular weight is 266 g/mol. The molecule has 2 heterocycles. The highest BCUT2D eigenvalue weighted by atomic mass is 16.5. The van der Waals surface area contributed by atoms with Gasteiger partial charge in [0.05, 0.1) is 19.0 Å². The molecule has 0 bridgehead atoms. The van der Waals surface area contributed by atoms with Crippen LogP contribution in [0.15, 0.2) is 12.7 Å². The van der Waals surface area contributed by atoms with Gasteiger partial charge in [-0.1, -0.05) is 6.92 Å². The molecular weight excluding hydrogens is 248 g/mol. The van der Waals surface area contributed by atoms with E-state index in [1.165, 1.54) is 13.4 Å². The van der Waals surface area contributed by atoms with E-state index in [0.717, 1.165) is 11.6 Å². The molecule has 0 radical (unpaired) electrons. The summed E-state index contributed by atoms with van der Waals surface area (Å²) in [6.07, 6.45) is 2.38. The summed E-state index contributed by atoms with van der Waals surface area (Å²) in [6.45, 7) is 3.63. The molecule has 0 saturated heterocycles. The lowest BCUT2D eigenvalue weighted by Crippen LogP contribution is -2.30. The summed E-state index contributed by atoms with van der Waals surface area (Å²) in [5.74, 6) is 0.359. The van der Waals surface area contributed by atoms with Crippen LogP contribution < -0.4 is 10.4 Å². The van der Waals surface area contributed by atoms with Gasteiger partial charge in [0.15, 0.2) is 11.5 Å². The third kappa shape index (κ3) is 2.98. The minimum Gasteiger partial charge on any atom is -0.390 e. The molecule has 2 aromatic rings. The Hall–Kier alpha value is -1.77. The maximum absolute atomic E-state index is 9.91. The molecule has 0 aliphatic rings. The lowest BCUT2D eigenvalue weighted by Gasteiger charge is -2.15. The van der Waals surface area contributed by atoms with Gasteiger partial charge in [-0.3, -0.25) is 5.21 Å². The van der Waals surface area contributed by atoms with Crippen molar-refractivity contribution in [1.82, 2.24) is 24.8 Å². The van der Waals surface area contributed by atoms with E-state index in [-0.39, 0.29) is 0 Å². The number of hydroxylamine groups is 1. The maximum atomic E-state index is 9.91. The van der Waals surface area contributed by atoms with Gasteiger partial charge >= 0.3 is 0 Å². The van der Waals surface area contributed by atoms with Crippen molar-refractivity contribution in [1.29, 1.82) is 0 Å². The number of anilines is 1. The molecule has 0 aromatic carbocycles. The molecule has 1 unspecified atom stereocenters. The van der Waals surface area contributed by atoms with Crippen molar-refractivity contribution in [2.75, 3.05) is 25.2 Å². The summed E-state index contributed by atoms with van der Waals surface area (Å²) in [4.78, 5) is 12.2. The number of imidazole rings is 1. The minimum atomic E-state index is -0.547. The van der Waals surface area contributed by atoms with Crippen LogP contribution in [0.2, 0.25) is 0 Å². The predicted octanol–water partition coefficient (Wildman–Crippen LogP) is -0.378. The maximum Gasteiger partial charge on any atom is 0.183 e. The molecule has 8 nitrogen and oxygen atoms in total. The summed E-state index contributed by atoms with van der Waals surface area (Å²) in [5.41, 5.74) is 1.09. The van der Waals surface area contributed by atoms with E-state index in [2.05, 4.69) is 20.3 Å². The number of hydrogen-bond donors (Lipinski definition) is 3. The van der Waals surface area contributed by atoms with Gasteiger partial charge in [0.2, 0.25) is 0 Å². The molecule has 104 valence electrons. The smallest absolute Gasteiger partial charge is 0.183 e. The fourth-order valence-corrected chi connectivity index (χ4v) is 1.87. The topological polar surface area (TPSA) is 99.3 Å². The number of likely N-dealkylation sites (N-methyl/N-ethyl adjacent to an activating group) is 1. The number of aliphatic hydroxyl groups is 1. The Labute approximate surface area is 110 Å². The fraction of sp³-hybridized carbons (Fsp3) is 0.545. The highest BCUT2D eigenvalue weighted by molar-refractivity contribution is 5.82. The second kappa shape index (κ2) is 5.91. The number of rotatable bonds is 6. The van der Waals surface area contributed by atoms with Crippen LogP contribution in [-0.2, 0) is 6.54 Å². The summed E-state index contributed by atoms with van der Waals surface area (Å²) < 4.78 is 1.74. The van der Waals surface area contributed by atoms with Crippen LogP contribution >= 0.6 is 0 Å². The Kier molecular flexibility index (Phi) is 4.25. The Balaban J connectivity index is 2.28. The standard InChI is InChI=1S/C11H18N6O2/c1-3-12-4-8(18)5-17-7-15-10-9(17)11(16(2)19)14-6-13-10/h6-8,12,18-19H,3-5H2,1-2H3. The predicted molar refractivity (Wildman–Crippen MR) is 70.1 cm³/mol. The lowest BCUT2D eigenvalue weighted by atomic mass is 10.3. The van der Waals surface area contributed by atoms with Crippen molar-refractivity contribution in [2.45, 2.75) is 19.6 Å². The quantitative estimate of drug-likeness (QED) is 0.613. The Morgan fingerprint density at radius 3 is 2.89 bits per heavy atom. The molecule has 2 aromatic heterocycles. The minimum absolute atomic E-state index is 0.359. The van der Waals surface area contributed by atoms with Crippen molar-refractivity contribution >= 4 is 17.0 Å². The third-order valence-electron chi connectivity index (χ3n) is 2.73. The third-order valence-corrected chi connectivity index (χ3v) is 2.73. The molecule has 3 N–H and O–H groups in total. The number of fused-ring (bicyclic) bond motifs is 1. The van der Waals surface area contributed by atoms with Crippen molar-refractivity contribution in [2.24, 2.45) is 0 Å². The lowest BCUT2D eigenvalue weighted by molar-refractivity contribution is 0.153. The molecule has 0 aliphatic heterocycles. The van der Waals surface area contributed by atoms with Gasteiger partial charge in [-0.2, -0.15) is 0 Å². The Bertz CT molecular complexity index is 541. The molecular formula is C11H18N6O2. The number of hydrogen-bond acceptors (Lipinski definition) is 7. The summed E-state index contributed by atoms with van der Waals surface area (Å²) in [6, 6.07) is 0. The van der Waals surface area contributed by atoms with Crippen molar-refractivity contribution < 1.29 is 10.3 Å². The van der Waals surface area contributed by atoms with Crippen LogP contribution in [0.3, 0.4) is 0 Å². The summed E-state index contributed by atoms with van der Waals surface area (Å²) in [7, 11) is 1.48. The SMILES string of the molecule is CCNCC(O)Cn1cnc2ncnc(N(C)O)c21. The molecule has 0 aliphatic carbocycles. The second-order valence-electron chi connectivity index (χ2n) is 4.25. The van der Waals surface area contributed by atoms with E-state index in [1.54, 1.807) is 10.9 Å². The van der Waals surface area contributed by atoms with Crippen LogP contribution in [0.4, 0.5) is 5.82 Å². The van der Waals surface area contributed by atoms with E-state index >= 15 is 0 Å². The van der Waals surface area contributed by atoms with Gasteiger partial charge in [-0.15, -0.1) is 0 Å². The first kappa shape index (κ1) is 13.7.